The van der Waals surface area contributed by atoms with Crippen LogP contribution < -0.4 is 5.32 Å². The van der Waals surface area contributed by atoms with Crippen LogP contribution in [-0.2, 0) is 0 Å². The molecule has 17 heavy (non-hydrogen) atoms. The van der Waals surface area contributed by atoms with Crippen LogP contribution in [-0.4, -0.2) is 29.9 Å². The molecule has 3 N–H and O–H groups in total. The molecule has 0 radical (unpaired) electrons. The molecule has 1 aromatic carbocycles. The maximum atomic E-state index is 12.7. The molecule has 0 aliphatic carbocycles. The number of unbranched alkanes of at least 4 members (excludes halogenated alkanes) is 2. The molecule has 1 unspecified atom stereocenters. The third kappa shape index (κ3) is 5.77. The van der Waals surface area contributed by atoms with Crippen LogP contribution >= 0.6 is 0 Å². The lowest BCUT2D eigenvalue weighted by Crippen LogP contribution is -2.22. The van der Waals surface area contributed by atoms with Gasteiger partial charge in [0.2, 0.25) is 0 Å². The van der Waals surface area contributed by atoms with Gasteiger partial charge in [-0.2, -0.15) is 0 Å². The van der Waals surface area contributed by atoms with Crippen molar-refractivity contribution in [3.8, 4) is 0 Å². The lowest BCUT2D eigenvalue weighted by molar-refractivity contribution is 0.174. The number of halogens is 1. The number of hydrogen-bond donors (Lipinski definition) is 3. The molecular weight excluding hydrogens is 221 g/mol. The molecule has 1 aromatic rings. The summed E-state index contributed by atoms with van der Waals surface area (Å²) in [5.41, 5.74) is 0.717. The first-order chi connectivity index (χ1) is 8.24. The summed E-state index contributed by atoms with van der Waals surface area (Å²) in [6.45, 7) is 1.52. The van der Waals surface area contributed by atoms with Crippen molar-refractivity contribution < 1.29 is 14.6 Å². The summed E-state index contributed by atoms with van der Waals surface area (Å²) in [5.74, 6) is -0.294. The molecule has 4 heteroatoms. The minimum Gasteiger partial charge on any atom is -0.396 e. The average molecular weight is 241 g/mol. The van der Waals surface area contributed by atoms with Crippen molar-refractivity contribution in [3.05, 3.63) is 35.6 Å². The van der Waals surface area contributed by atoms with Crippen molar-refractivity contribution in [1.82, 2.24) is 5.32 Å². The summed E-state index contributed by atoms with van der Waals surface area (Å²) in [5, 5.41) is 21.5. The van der Waals surface area contributed by atoms with E-state index < -0.39 is 6.10 Å². The van der Waals surface area contributed by atoms with E-state index in [1.807, 2.05) is 0 Å². The number of hydrogen-bond acceptors (Lipinski definition) is 3. The molecule has 0 fully saturated rings. The minimum atomic E-state index is -0.603. The van der Waals surface area contributed by atoms with Crippen molar-refractivity contribution in [2.45, 2.75) is 25.4 Å². The molecule has 0 heterocycles. The van der Waals surface area contributed by atoms with Gasteiger partial charge in [-0.15, -0.1) is 0 Å². The van der Waals surface area contributed by atoms with Crippen LogP contribution in [0.5, 0.6) is 0 Å². The minimum absolute atomic E-state index is 0.234. The van der Waals surface area contributed by atoms with Crippen LogP contribution in [0, 0.1) is 5.82 Å². The van der Waals surface area contributed by atoms with Crippen LogP contribution in [0.25, 0.3) is 0 Å². The normalized spacial score (nSPS) is 12.6. The van der Waals surface area contributed by atoms with Gasteiger partial charge in [0.15, 0.2) is 0 Å². The Morgan fingerprint density at radius 2 is 1.82 bits per heavy atom. The van der Waals surface area contributed by atoms with Gasteiger partial charge in [-0.05, 0) is 43.5 Å². The third-order valence-electron chi connectivity index (χ3n) is 2.60. The Balaban J connectivity index is 2.16. The van der Waals surface area contributed by atoms with E-state index >= 15 is 0 Å². The van der Waals surface area contributed by atoms with Gasteiger partial charge < -0.3 is 15.5 Å². The highest BCUT2D eigenvalue weighted by atomic mass is 19.1. The molecule has 96 valence electrons. The highest BCUT2D eigenvalue weighted by molar-refractivity contribution is 5.18. The summed E-state index contributed by atoms with van der Waals surface area (Å²) in [6, 6.07) is 5.88. The van der Waals surface area contributed by atoms with E-state index in [9.17, 15) is 9.50 Å². The zero-order chi connectivity index (χ0) is 12.5. The maximum absolute atomic E-state index is 12.7. The topological polar surface area (TPSA) is 52.5 Å². The second-order valence-electron chi connectivity index (χ2n) is 4.06. The number of nitrogens with one attached hydrogen (secondary N) is 1. The summed E-state index contributed by atoms with van der Waals surface area (Å²) in [6.07, 6.45) is 2.18. The fourth-order valence-corrected chi connectivity index (χ4v) is 1.58. The smallest absolute Gasteiger partial charge is 0.123 e. The van der Waals surface area contributed by atoms with Crippen molar-refractivity contribution in [2.75, 3.05) is 19.7 Å². The SMILES string of the molecule is OCCCCCNCC(O)c1ccc(F)cc1. The van der Waals surface area contributed by atoms with E-state index in [2.05, 4.69) is 5.32 Å². The lowest BCUT2D eigenvalue weighted by atomic mass is 10.1. The van der Waals surface area contributed by atoms with Gasteiger partial charge in [0.05, 0.1) is 6.10 Å². The van der Waals surface area contributed by atoms with Gasteiger partial charge in [0.25, 0.3) is 0 Å². The third-order valence-corrected chi connectivity index (χ3v) is 2.60. The second kappa shape index (κ2) is 8.17. The molecule has 0 aliphatic rings. The number of aliphatic hydroxyl groups is 2. The lowest BCUT2D eigenvalue weighted by Gasteiger charge is -2.12. The zero-order valence-corrected chi connectivity index (χ0v) is 9.90. The molecule has 0 bridgehead atoms. The Bertz CT molecular complexity index is 303. The average Bonchev–Trinajstić information content (AvgIpc) is 2.34. The first kappa shape index (κ1) is 14.1. The standard InChI is InChI=1S/C13H20FNO2/c14-12-6-4-11(5-7-12)13(17)10-15-8-2-1-3-9-16/h4-7,13,15-17H,1-3,8-10H2. The van der Waals surface area contributed by atoms with Crippen molar-refractivity contribution in [2.24, 2.45) is 0 Å². The summed E-state index contributed by atoms with van der Waals surface area (Å²) in [7, 11) is 0. The van der Waals surface area contributed by atoms with Gasteiger partial charge >= 0.3 is 0 Å². The van der Waals surface area contributed by atoms with Gasteiger partial charge in [0, 0.05) is 13.2 Å². The first-order valence-corrected chi connectivity index (χ1v) is 5.99. The molecule has 0 aromatic heterocycles. The Labute approximate surface area is 101 Å². The first-order valence-electron chi connectivity index (χ1n) is 5.99. The van der Waals surface area contributed by atoms with Crippen LogP contribution in [0.3, 0.4) is 0 Å². The molecule has 0 spiro atoms. The Morgan fingerprint density at radius 1 is 1.12 bits per heavy atom. The van der Waals surface area contributed by atoms with E-state index in [0.29, 0.717) is 12.1 Å². The second-order valence-corrected chi connectivity index (χ2v) is 4.06. The van der Waals surface area contributed by atoms with Gasteiger partial charge in [-0.1, -0.05) is 12.1 Å². The fourth-order valence-electron chi connectivity index (χ4n) is 1.58. The fraction of sp³-hybridized carbons (Fsp3) is 0.538. The Hall–Kier alpha value is -0.970. The van der Waals surface area contributed by atoms with Crippen LogP contribution in [0.2, 0.25) is 0 Å². The molecule has 1 rings (SSSR count). The highest BCUT2D eigenvalue weighted by Gasteiger charge is 2.06. The predicted octanol–water partition coefficient (Wildman–Crippen LogP) is 1.61. The van der Waals surface area contributed by atoms with Crippen molar-refractivity contribution in [3.63, 3.8) is 0 Å². The van der Waals surface area contributed by atoms with Crippen LogP contribution in [0.1, 0.15) is 30.9 Å². The maximum Gasteiger partial charge on any atom is 0.123 e. The summed E-state index contributed by atoms with van der Waals surface area (Å²) in [4.78, 5) is 0. The molecule has 0 saturated carbocycles. The van der Waals surface area contributed by atoms with Gasteiger partial charge in [-0.25, -0.2) is 4.39 Å². The summed E-state index contributed by atoms with van der Waals surface area (Å²) < 4.78 is 12.7. The van der Waals surface area contributed by atoms with Gasteiger partial charge in [0.1, 0.15) is 5.82 Å². The highest BCUT2D eigenvalue weighted by Crippen LogP contribution is 2.12. The van der Waals surface area contributed by atoms with E-state index in [0.717, 1.165) is 25.8 Å². The van der Waals surface area contributed by atoms with Crippen LogP contribution in [0.4, 0.5) is 4.39 Å². The largest absolute Gasteiger partial charge is 0.396 e. The van der Waals surface area contributed by atoms with E-state index in [-0.39, 0.29) is 12.4 Å². The zero-order valence-electron chi connectivity index (χ0n) is 9.90. The molecule has 1 atom stereocenters. The number of benzene rings is 1. The number of aliphatic hydroxyl groups excluding tert-OH is 2. The molecule has 0 aliphatic heterocycles. The molecule has 0 amide bonds. The molecule has 0 saturated heterocycles. The Morgan fingerprint density at radius 3 is 2.47 bits per heavy atom. The molecular formula is C13H20FNO2. The van der Waals surface area contributed by atoms with Crippen molar-refractivity contribution in [1.29, 1.82) is 0 Å². The quantitative estimate of drug-likeness (QED) is 0.606. The van der Waals surface area contributed by atoms with Gasteiger partial charge in [-0.3, -0.25) is 0 Å². The number of rotatable bonds is 8. The monoisotopic (exact) mass is 241 g/mol. The predicted molar refractivity (Wildman–Crippen MR) is 65.2 cm³/mol. The van der Waals surface area contributed by atoms with Crippen molar-refractivity contribution >= 4 is 0 Å². The van der Waals surface area contributed by atoms with Crippen LogP contribution in [0.15, 0.2) is 24.3 Å². The Kier molecular flexibility index (Phi) is 6.77. The van der Waals surface area contributed by atoms with E-state index in [1.54, 1.807) is 12.1 Å². The summed E-state index contributed by atoms with van der Waals surface area (Å²) >= 11 is 0. The molecule has 3 nitrogen and oxygen atoms in total. The van der Waals surface area contributed by atoms with E-state index in [4.69, 9.17) is 5.11 Å². The van der Waals surface area contributed by atoms with E-state index in [1.165, 1.54) is 12.1 Å².